The van der Waals surface area contributed by atoms with Crippen LogP contribution in [0, 0.1) is 5.92 Å². The van der Waals surface area contributed by atoms with Crippen LogP contribution in [-0.4, -0.2) is 51.9 Å². The number of ether oxygens (including phenoxy) is 2. The number of nitrogens with zero attached hydrogens (tertiary/aromatic N) is 1. The van der Waals surface area contributed by atoms with Crippen LogP contribution in [0.1, 0.15) is 40.5 Å². The van der Waals surface area contributed by atoms with E-state index in [9.17, 15) is 18.0 Å². The summed E-state index contributed by atoms with van der Waals surface area (Å²) in [6.45, 7) is 3.03. The van der Waals surface area contributed by atoms with Gasteiger partial charge in [-0.15, -0.1) is 0 Å². The second-order valence-corrected chi connectivity index (χ2v) is 9.41. The Balaban J connectivity index is 1.85. The van der Waals surface area contributed by atoms with Crippen LogP contribution in [0.15, 0.2) is 47.4 Å². The van der Waals surface area contributed by atoms with Crippen molar-refractivity contribution in [1.29, 1.82) is 0 Å². The number of hydrogen-bond donors (Lipinski definition) is 1. The first-order chi connectivity index (χ1) is 14.8. The van der Waals surface area contributed by atoms with Gasteiger partial charge in [0.1, 0.15) is 5.75 Å². The van der Waals surface area contributed by atoms with Gasteiger partial charge >= 0.3 is 5.97 Å². The number of sulfonamides is 1. The lowest BCUT2D eigenvalue weighted by molar-refractivity contribution is 0.0600. The number of piperidine rings is 1. The minimum Gasteiger partial charge on any atom is -0.496 e. The van der Waals surface area contributed by atoms with E-state index in [1.165, 1.54) is 48.9 Å². The summed E-state index contributed by atoms with van der Waals surface area (Å²) >= 11 is 0. The Labute approximate surface area is 182 Å². The van der Waals surface area contributed by atoms with E-state index in [2.05, 4.69) is 17.0 Å². The summed E-state index contributed by atoms with van der Waals surface area (Å²) in [6, 6.07) is 10.4. The third-order valence-corrected chi connectivity index (χ3v) is 7.25. The lowest BCUT2D eigenvalue weighted by Crippen LogP contribution is -2.37. The molecule has 0 aliphatic carbocycles. The molecule has 0 saturated carbocycles. The van der Waals surface area contributed by atoms with E-state index in [-0.39, 0.29) is 16.2 Å². The maximum Gasteiger partial charge on any atom is 0.337 e. The highest BCUT2D eigenvalue weighted by Gasteiger charge is 2.29. The fraction of sp³-hybridized carbons (Fsp3) is 0.364. The largest absolute Gasteiger partial charge is 0.496 e. The molecule has 9 heteroatoms. The van der Waals surface area contributed by atoms with Crippen molar-refractivity contribution in [3.63, 3.8) is 0 Å². The zero-order valence-electron chi connectivity index (χ0n) is 17.8. The molecule has 0 atom stereocenters. The summed E-state index contributed by atoms with van der Waals surface area (Å²) in [7, 11) is -1.01. The fourth-order valence-corrected chi connectivity index (χ4v) is 4.90. The van der Waals surface area contributed by atoms with Crippen LogP contribution in [0.4, 0.5) is 5.69 Å². The quantitative estimate of drug-likeness (QED) is 0.684. The normalized spacial score (nSPS) is 15.3. The number of amides is 1. The number of nitrogens with one attached hydrogen (secondary N) is 1. The highest BCUT2D eigenvalue weighted by atomic mass is 32.2. The molecule has 31 heavy (non-hydrogen) atoms. The Morgan fingerprint density at radius 2 is 1.68 bits per heavy atom. The van der Waals surface area contributed by atoms with E-state index >= 15 is 0 Å². The molecule has 1 heterocycles. The van der Waals surface area contributed by atoms with Crippen molar-refractivity contribution in [2.24, 2.45) is 5.92 Å². The van der Waals surface area contributed by atoms with Crippen LogP contribution >= 0.6 is 0 Å². The van der Waals surface area contributed by atoms with Crippen molar-refractivity contribution in [3.05, 3.63) is 53.6 Å². The SMILES string of the molecule is COC(=O)c1ccc(NC(=O)c2cc(S(=O)(=O)N3CCC(C)CC3)ccc2OC)cc1. The van der Waals surface area contributed by atoms with Gasteiger partial charge in [-0.1, -0.05) is 6.92 Å². The summed E-state index contributed by atoms with van der Waals surface area (Å²) in [4.78, 5) is 24.5. The second-order valence-electron chi connectivity index (χ2n) is 7.47. The molecule has 2 aromatic rings. The van der Waals surface area contributed by atoms with E-state index in [4.69, 9.17) is 4.74 Å². The molecule has 0 unspecified atom stereocenters. The summed E-state index contributed by atoms with van der Waals surface area (Å²) < 4.78 is 37.5. The van der Waals surface area contributed by atoms with Crippen molar-refractivity contribution < 1.29 is 27.5 Å². The van der Waals surface area contributed by atoms with Gasteiger partial charge in [-0.3, -0.25) is 4.79 Å². The first-order valence-electron chi connectivity index (χ1n) is 9.94. The van der Waals surface area contributed by atoms with Crippen LogP contribution in [-0.2, 0) is 14.8 Å². The van der Waals surface area contributed by atoms with Crippen molar-refractivity contribution in [3.8, 4) is 5.75 Å². The molecule has 2 aromatic carbocycles. The maximum atomic E-state index is 13.1. The number of hydrogen-bond acceptors (Lipinski definition) is 6. The monoisotopic (exact) mass is 446 g/mol. The van der Waals surface area contributed by atoms with Crippen LogP contribution < -0.4 is 10.1 Å². The number of anilines is 1. The van der Waals surface area contributed by atoms with Crippen LogP contribution in [0.2, 0.25) is 0 Å². The topological polar surface area (TPSA) is 102 Å². The summed E-state index contributed by atoms with van der Waals surface area (Å²) in [5, 5.41) is 2.70. The standard InChI is InChI=1S/C22H26N2O6S/c1-15-10-12-24(13-11-15)31(27,28)18-8-9-20(29-2)19(14-18)21(25)23-17-6-4-16(5-7-17)22(26)30-3/h4-9,14-15H,10-13H2,1-3H3,(H,23,25). The maximum absolute atomic E-state index is 13.1. The Morgan fingerprint density at radius 3 is 2.26 bits per heavy atom. The molecule has 1 aliphatic heterocycles. The molecule has 1 fully saturated rings. The summed E-state index contributed by atoms with van der Waals surface area (Å²) in [5.41, 5.74) is 0.894. The Morgan fingerprint density at radius 1 is 1.03 bits per heavy atom. The smallest absolute Gasteiger partial charge is 0.337 e. The van der Waals surface area contributed by atoms with Crippen LogP contribution in [0.5, 0.6) is 5.75 Å². The molecule has 1 amide bonds. The highest BCUT2D eigenvalue weighted by Crippen LogP contribution is 2.28. The lowest BCUT2D eigenvalue weighted by atomic mass is 10.0. The predicted molar refractivity (Wildman–Crippen MR) is 116 cm³/mol. The summed E-state index contributed by atoms with van der Waals surface area (Å²) in [6.07, 6.45) is 1.62. The number of methoxy groups -OCH3 is 2. The van der Waals surface area contributed by atoms with Gasteiger partial charge in [0.05, 0.1) is 30.2 Å². The Bertz CT molecular complexity index is 1060. The second kappa shape index (κ2) is 9.49. The van der Waals surface area contributed by atoms with Crippen molar-refractivity contribution in [1.82, 2.24) is 4.31 Å². The molecule has 8 nitrogen and oxygen atoms in total. The van der Waals surface area contributed by atoms with Crippen LogP contribution in [0.25, 0.3) is 0 Å². The predicted octanol–water partition coefficient (Wildman–Crippen LogP) is 3.15. The molecule has 0 bridgehead atoms. The number of benzene rings is 2. The summed E-state index contributed by atoms with van der Waals surface area (Å²) in [5.74, 6) is -0.249. The van der Waals surface area contributed by atoms with Gasteiger partial charge in [-0.25, -0.2) is 13.2 Å². The van der Waals surface area contributed by atoms with E-state index in [0.717, 1.165) is 12.8 Å². The number of carbonyl (C=O) groups is 2. The zero-order chi connectivity index (χ0) is 22.6. The third-order valence-electron chi connectivity index (χ3n) is 5.36. The van der Waals surface area contributed by atoms with Gasteiger partial charge < -0.3 is 14.8 Å². The minimum atomic E-state index is -3.71. The van der Waals surface area contributed by atoms with Gasteiger partial charge in [-0.2, -0.15) is 4.31 Å². The Kier molecular flexibility index (Phi) is 6.97. The van der Waals surface area contributed by atoms with E-state index in [1.807, 2.05) is 0 Å². The first-order valence-corrected chi connectivity index (χ1v) is 11.4. The van der Waals surface area contributed by atoms with Gasteiger partial charge in [0.25, 0.3) is 5.91 Å². The molecular weight excluding hydrogens is 420 g/mol. The average Bonchev–Trinajstić information content (AvgIpc) is 2.78. The first kappa shape index (κ1) is 22.8. The fourth-order valence-electron chi connectivity index (χ4n) is 3.41. The molecule has 0 spiro atoms. The molecule has 1 N–H and O–H groups in total. The lowest BCUT2D eigenvalue weighted by Gasteiger charge is -2.29. The van der Waals surface area contributed by atoms with Gasteiger partial charge in [0.15, 0.2) is 0 Å². The molecule has 3 rings (SSSR count). The van der Waals surface area contributed by atoms with E-state index in [0.29, 0.717) is 30.3 Å². The molecule has 0 radical (unpaired) electrons. The highest BCUT2D eigenvalue weighted by molar-refractivity contribution is 7.89. The van der Waals surface area contributed by atoms with Crippen molar-refractivity contribution in [2.75, 3.05) is 32.6 Å². The minimum absolute atomic E-state index is 0.0500. The molecule has 166 valence electrons. The molecule has 0 aromatic heterocycles. The Hall–Kier alpha value is -2.91. The number of rotatable bonds is 6. The molecular formula is C22H26N2O6S. The van der Waals surface area contributed by atoms with Gasteiger partial charge in [-0.05, 0) is 61.2 Å². The van der Waals surface area contributed by atoms with Gasteiger partial charge in [0.2, 0.25) is 10.0 Å². The van der Waals surface area contributed by atoms with Crippen molar-refractivity contribution in [2.45, 2.75) is 24.7 Å². The van der Waals surface area contributed by atoms with Gasteiger partial charge in [0, 0.05) is 18.8 Å². The van der Waals surface area contributed by atoms with Crippen LogP contribution in [0.3, 0.4) is 0 Å². The van der Waals surface area contributed by atoms with E-state index < -0.39 is 21.9 Å². The third kappa shape index (κ3) is 5.05. The average molecular weight is 447 g/mol. The van der Waals surface area contributed by atoms with Crippen molar-refractivity contribution >= 4 is 27.6 Å². The molecule has 1 saturated heterocycles. The number of carbonyl (C=O) groups excluding carboxylic acids is 2. The van der Waals surface area contributed by atoms with E-state index in [1.54, 1.807) is 12.1 Å². The molecule has 1 aliphatic rings. The zero-order valence-corrected chi connectivity index (χ0v) is 18.6. The number of esters is 1.